The Morgan fingerprint density at radius 3 is 2.50 bits per heavy atom. The van der Waals surface area contributed by atoms with Crippen LogP contribution in [0.3, 0.4) is 0 Å². The van der Waals surface area contributed by atoms with Crippen LogP contribution >= 0.6 is 0 Å². The number of amides is 1. The van der Waals surface area contributed by atoms with E-state index in [0.717, 1.165) is 0 Å². The van der Waals surface area contributed by atoms with Gasteiger partial charge in [0.1, 0.15) is 5.75 Å². The first-order valence-electron chi connectivity index (χ1n) is 7.77. The highest BCUT2D eigenvalue weighted by atomic mass is 16.5. The SMILES string of the molecule is NC(=O)c1cccc(OC(=O)C2CCN(c3ncccn3)CC2)c1. The molecule has 3 rings (SSSR count). The lowest BCUT2D eigenvalue weighted by molar-refractivity contribution is -0.139. The molecule has 1 aromatic heterocycles. The fourth-order valence-corrected chi connectivity index (χ4v) is 2.68. The van der Waals surface area contributed by atoms with Gasteiger partial charge in [0.05, 0.1) is 5.92 Å². The van der Waals surface area contributed by atoms with Crippen molar-refractivity contribution in [3.05, 3.63) is 48.3 Å². The van der Waals surface area contributed by atoms with Crippen molar-refractivity contribution >= 4 is 17.8 Å². The van der Waals surface area contributed by atoms with E-state index in [4.69, 9.17) is 10.5 Å². The van der Waals surface area contributed by atoms with Crippen LogP contribution in [0.1, 0.15) is 23.2 Å². The average molecular weight is 326 g/mol. The number of rotatable bonds is 4. The summed E-state index contributed by atoms with van der Waals surface area (Å²) in [5.41, 5.74) is 5.55. The molecule has 24 heavy (non-hydrogen) atoms. The van der Waals surface area contributed by atoms with E-state index in [1.54, 1.807) is 36.7 Å². The maximum absolute atomic E-state index is 12.3. The van der Waals surface area contributed by atoms with Gasteiger partial charge in [-0.05, 0) is 37.1 Å². The molecule has 0 bridgehead atoms. The number of carbonyl (C=O) groups is 2. The summed E-state index contributed by atoms with van der Waals surface area (Å²) in [4.78, 5) is 34.0. The van der Waals surface area contributed by atoms with Gasteiger partial charge in [-0.15, -0.1) is 0 Å². The summed E-state index contributed by atoms with van der Waals surface area (Å²) < 4.78 is 5.39. The normalized spacial score (nSPS) is 15.1. The Labute approximate surface area is 139 Å². The van der Waals surface area contributed by atoms with E-state index >= 15 is 0 Å². The predicted molar refractivity (Wildman–Crippen MR) is 87.6 cm³/mol. The van der Waals surface area contributed by atoms with Gasteiger partial charge in [0.15, 0.2) is 0 Å². The van der Waals surface area contributed by atoms with E-state index in [9.17, 15) is 9.59 Å². The van der Waals surface area contributed by atoms with Crippen LogP contribution in [0, 0.1) is 5.92 Å². The Balaban J connectivity index is 1.57. The fourth-order valence-electron chi connectivity index (χ4n) is 2.68. The third-order valence-electron chi connectivity index (χ3n) is 4.00. The quantitative estimate of drug-likeness (QED) is 0.673. The van der Waals surface area contributed by atoms with Gasteiger partial charge in [0.25, 0.3) is 0 Å². The lowest BCUT2D eigenvalue weighted by atomic mass is 9.97. The summed E-state index contributed by atoms with van der Waals surface area (Å²) in [5.74, 6) is 0.000106. The van der Waals surface area contributed by atoms with Crippen molar-refractivity contribution in [1.29, 1.82) is 0 Å². The van der Waals surface area contributed by atoms with E-state index in [1.165, 1.54) is 6.07 Å². The number of nitrogens with zero attached hydrogens (tertiary/aromatic N) is 3. The van der Waals surface area contributed by atoms with Gasteiger partial charge in [-0.3, -0.25) is 9.59 Å². The molecule has 7 nitrogen and oxygen atoms in total. The maximum atomic E-state index is 12.3. The smallest absolute Gasteiger partial charge is 0.314 e. The number of piperidine rings is 1. The van der Waals surface area contributed by atoms with Crippen molar-refractivity contribution in [3.63, 3.8) is 0 Å². The third-order valence-corrected chi connectivity index (χ3v) is 4.00. The lowest BCUT2D eigenvalue weighted by Crippen LogP contribution is -2.38. The first kappa shape index (κ1) is 15.9. The zero-order valence-corrected chi connectivity index (χ0v) is 13.1. The first-order chi connectivity index (χ1) is 11.6. The molecule has 2 N–H and O–H groups in total. The number of hydrogen-bond acceptors (Lipinski definition) is 6. The van der Waals surface area contributed by atoms with Crippen LogP contribution in [0.15, 0.2) is 42.7 Å². The van der Waals surface area contributed by atoms with Gasteiger partial charge in [-0.25, -0.2) is 9.97 Å². The van der Waals surface area contributed by atoms with Gasteiger partial charge in [-0.1, -0.05) is 6.07 Å². The molecule has 1 aliphatic rings. The van der Waals surface area contributed by atoms with E-state index < -0.39 is 5.91 Å². The topological polar surface area (TPSA) is 98.4 Å². The number of anilines is 1. The third kappa shape index (κ3) is 3.68. The number of benzene rings is 1. The summed E-state index contributed by atoms with van der Waals surface area (Å²) in [5, 5.41) is 0. The Morgan fingerprint density at radius 1 is 1.12 bits per heavy atom. The first-order valence-corrected chi connectivity index (χ1v) is 7.77. The van der Waals surface area contributed by atoms with E-state index in [-0.39, 0.29) is 11.9 Å². The molecule has 7 heteroatoms. The lowest BCUT2D eigenvalue weighted by Gasteiger charge is -2.30. The largest absolute Gasteiger partial charge is 0.426 e. The summed E-state index contributed by atoms with van der Waals surface area (Å²) in [7, 11) is 0. The van der Waals surface area contributed by atoms with E-state index in [0.29, 0.717) is 43.2 Å². The van der Waals surface area contributed by atoms with Crippen molar-refractivity contribution in [1.82, 2.24) is 9.97 Å². The van der Waals surface area contributed by atoms with Crippen LogP contribution in [-0.4, -0.2) is 34.9 Å². The van der Waals surface area contributed by atoms with Gasteiger partial charge in [-0.2, -0.15) is 0 Å². The van der Waals surface area contributed by atoms with Gasteiger partial charge in [0.2, 0.25) is 11.9 Å². The second kappa shape index (κ2) is 7.08. The Kier molecular flexibility index (Phi) is 4.69. The van der Waals surface area contributed by atoms with Crippen LogP contribution in [0.4, 0.5) is 5.95 Å². The molecule has 0 unspecified atom stereocenters. The minimum atomic E-state index is -0.552. The molecule has 0 aliphatic carbocycles. The minimum Gasteiger partial charge on any atom is -0.426 e. The van der Waals surface area contributed by atoms with E-state index in [1.807, 2.05) is 0 Å². The predicted octanol–water partition coefficient (Wildman–Crippen LogP) is 1.40. The summed E-state index contributed by atoms with van der Waals surface area (Å²) in [6.07, 6.45) is 4.75. The number of primary amides is 1. The molecule has 2 aromatic rings. The van der Waals surface area contributed by atoms with Crippen LogP contribution < -0.4 is 15.4 Å². The van der Waals surface area contributed by atoms with Crippen molar-refractivity contribution in [2.24, 2.45) is 11.7 Å². The highest BCUT2D eigenvalue weighted by Crippen LogP contribution is 2.23. The second-order valence-electron chi connectivity index (χ2n) is 5.62. The van der Waals surface area contributed by atoms with Gasteiger partial charge in [0, 0.05) is 31.0 Å². The van der Waals surface area contributed by atoms with Gasteiger partial charge >= 0.3 is 5.97 Å². The second-order valence-corrected chi connectivity index (χ2v) is 5.62. The fraction of sp³-hybridized carbons (Fsp3) is 0.294. The van der Waals surface area contributed by atoms with Crippen LogP contribution in [0.5, 0.6) is 5.75 Å². The number of esters is 1. The Morgan fingerprint density at radius 2 is 1.83 bits per heavy atom. The molecule has 0 radical (unpaired) electrons. The molecule has 124 valence electrons. The highest BCUT2D eigenvalue weighted by Gasteiger charge is 2.27. The number of hydrogen-bond donors (Lipinski definition) is 1. The molecular weight excluding hydrogens is 308 g/mol. The molecule has 0 atom stereocenters. The standard InChI is InChI=1S/C17H18N4O3/c18-15(22)13-3-1-4-14(11-13)24-16(23)12-5-9-21(10-6-12)17-19-7-2-8-20-17/h1-4,7-8,11-12H,5-6,9-10H2,(H2,18,22). The molecule has 1 fully saturated rings. The van der Waals surface area contributed by atoms with Crippen molar-refractivity contribution in [3.8, 4) is 5.75 Å². The summed E-state index contributed by atoms with van der Waals surface area (Å²) in [6.45, 7) is 1.40. The highest BCUT2D eigenvalue weighted by molar-refractivity contribution is 5.93. The zero-order valence-electron chi connectivity index (χ0n) is 13.1. The van der Waals surface area contributed by atoms with Crippen molar-refractivity contribution < 1.29 is 14.3 Å². The molecule has 0 spiro atoms. The monoisotopic (exact) mass is 326 g/mol. The Hall–Kier alpha value is -2.96. The minimum absolute atomic E-state index is 0.179. The molecule has 2 heterocycles. The molecule has 0 saturated carbocycles. The average Bonchev–Trinajstić information content (AvgIpc) is 2.63. The number of aromatic nitrogens is 2. The van der Waals surface area contributed by atoms with Crippen molar-refractivity contribution in [2.75, 3.05) is 18.0 Å². The van der Waals surface area contributed by atoms with Crippen molar-refractivity contribution in [2.45, 2.75) is 12.8 Å². The van der Waals surface area contributed by atoms with E-state index in [2.05, 4.69) is 14.9 Å². The van der Waals surface area contributed by atoms with Crippen LogP contribution in [-0.2, 0) is 4.79 Å². The zero-order chi connectivity index (χ0) is 16.9. The molecule has 1 aromatic carbocycles. The molecule has 1 aliphatic heterocycles. The van der Waals surface area contributed by atoms with Crippen LogP contribution in [0.2, 0.25) is 0 Å². The molecule has 1 saturated heterocycles. The number of ether oxygens (including phenoxy) is 1. The number of nitrogens with two attached hydrogens (primary N) is 1. The summed E-state index contributed by atoms with van der Waals surface area (Å²) >= 11 is 0. The maximum Gasteiger partial charge on any atom is 0.314 e. The number of carbonyl (C=O) groups excluding carboxylic acids is 2. The van der Waals surface area contributed by atoms with Crippen LogP contribution in [0.25, 0.3) is 0 Å². The Bertz CT molecular complexity index is 728. The molecular formula is C17H18N4O3. The van der Waals surface area contributed by atoms with Gasteiger partial charge < -0.3 is 15.4 Å². The summed E-state index contributed by atoms with van der Waals surface area (Å²) in [6, 6.07) is 8.11. The molecule has 1 amide bonds.